The van der Waals surface area contributed by atoms with Gasteiger partial charge in [-0.25, -0.2) is 12.2 Å². The molecule has 2 aliphatic carbocycles. The van der Waals surface area contributed by atoms with Crippen molar-refractivity contribution in [3.05, 3.63) is 180 Å². The fourth-order valence-corrected chi connectivity index (χ4v) is 6.26. The van der Waals surface area contributed by atoms with E-state index in [0.29, 0.717) is 0 Å². The van der Waals surface area contributed by atoms with Crippen LogP contribution < -0.4 is 0 Å². The van der Waals surface area contributed by atoms with Gasteiger partial charge in [0.1, 0.15) is 0 Å². The summed E-state index contributed by atoms with van der Waals surface area (Å²) in [7, 11) is 0. The summed E-state index contributed by atoms with van der Waals surface area (Å²) in [6.07, 6.45) is 11.0. The maximum Gasteiger partial charge on any atom is -0.0240 e. The van der Waals surface area contributed by atoms with Crippen LogP contribution in [0.4, 0.5) is 0 Å². The van der Waals surface area contributed by atoms with Gasteiger partial charge in [0, 0.05) is 0 Å². The summed E-state index contributed by atoms with van der Waals surface area (Å²) in [5.41, 5.74) is 8.33. The number of fused-ring (bicyclic) bond motifs is 8. The van der Waals surface area contributed by atoms with Crippen LogP contribution in [-0.4, -0.2) is 3.21 Å². The summed E-state index contributed by atoms with van der Waals surface area (Å²) in [4.78, 5) is 0. The van der Waals surface area contributed by atoms with E-state index in [-0.39, 0.29) is 0 Å². The van der Waals surface area contributed by atoms with Gasteiger partial charge >= 0.3 is 99.2 Å². The van der Waals surface area contributed by atoms with Gasteiger partial charge in [-0.3, -0.25) is 6.08 Å². The first-order chi connectivity index (χ1) is 19.8. The Kier molecular flexibility index (Phi) is 8.22. The molecule has 0 radical (unpaired) electrons. The normalized spacial score (nSPS) is 12.2. The molecule has 0 bridgehead atoms. The largest absolute Gasteiger partial charge is 0.147 e. The number of rotatable bonds is 2. The number of benzene rings is 6. The van der Waals surface area contributed by atoms with Crippen molar-refractivity contribution >= 4 is 24.8 Å². The number of allylic oxidation sites excluding steroid dienone is 4. The van der Waals surface area contributed by atoms with Crippen molar-refractivity contribution in [1.29, 1.82) is 0 Å². The van der Waals surface area contributed by atoms with Crippen molar-refractivity contribution in [2.45, 2.75) is 12.8 Å². The second-order valence-electron chi connectivity index (χ2n) is 9.80. The van der Waals surface area contributed by atoms with Crippen LogP contribution in [0.5, 0.6) is 0 Å². The molecule has 0 spiro atoms. The minimum Gasteiger partial charge on any atom is -0.147 e. The minimum absolute atomic E-state index is 1.01. The first-order valence-electron chi connectivity index (χ1n) is 13.6. The Morgan fingerprint density at radius 1 is 0.625 bits per heavy atom. The zero-order valence-electron chi connectivity index (χ0n) is 22.3. The van der Waals surface area contributed by atoms with Gasteiger partial charge in [0.05, 0.1) is 0 Å². The second-order valence-corrected chi connectivity index (χ2v) is 11.0. The van der Waals surface area contributed by atoms with E-state index in [1.54, 1.807) is 0 Å². The summed E-state index contributed by atoms with van der Waals surface area (Å²) in [6.45, 7) is 0. The molecule has 2 aliphatic rings. The third-order valence-corrected chi connectivity index (χ3v) is 8.73. The van der Waals surface area contributed by atoms with Gasteiger partial charge < -0.3 is 0 Å². The maximum atomic E-state index is 3.48. The summed E-state index contributed by atoms with van der Waals surface area (Å²) in [6, 6.07) is 48.4. The van der Waals surface area contributed by atoms with Gasteiger partial charge in [0.2, 0.25) is 0 Å². The van der Waals surface area contributed by atoms with Gasteiger partial charge in [-0.1, -0.05) is 53.9 Å². The molecule has 1 heteroatoms. The first kappa shape index (κ1) is 26.3. The van der Waals surface area contributed by atoms with E-state index in [2.05, 4.69) is 140 Å². The Bertz CT molecular complexity index is 1790. The molecule has 0 unspecified atom stereocenters. The quantitative estimate of drug-likeness (QED) is 0.140. The van der Waals surface area contributed by atoms with Crippen LogP contribution in [0.25, 0.3) is 32.7 Å². The monoisotopic (exact) mass is 586 g/mol. The van der Waals surface area contributed by atoms with Crippen LogP contribution in [0.2, 0.25) is 0 Å². The average molecular weight is 588 g/mol. The average Bonchev–Trinajstić information content (AvgIpc) is 3.75. The Morgan fingerprint density at radius 2 is 1.25 bits per heavy atom. The Labute approximate surface area is 251 Å². The molecule has 0 aromatic heterocycles. The Morgan fingerprint density at radius 3 is 1.90 bits per heavy atom. The molecule has 6 aromatic rings. The molecule has 40 heavy (non-hydrogen) atoms. The van der Waals surface area contributed by atoms with Crippen molar-refractivity contribution in [2.24, 2.45) is 0 Å². The van der Waals surface area contributed by atoms with Crippen LogP contribution >= 0.6 is 0 Å². The van der Waals surface area contributed by atoms with E-state index in [0.717, 1.165) is 12.8 Å². The van der Waals surface area contributed by atoms with Crippen molar-refractivity contribution in [3.63, 3.8) is 0 Å². The molecule has 188 valence electrons. The number of hydrogen-bond donors (Lipinski definition) is 0. The van der Waals surface area contributed by atoms with E-state index >= 15 is 0 Å². The molecule has 0 nitrogen and oxygen atoms in total. The van der Waals surface area contributed by atoms with Crippen molar-refractivity contribution < 1.29 is 24.2 Å². The van der Waals surface area contributed by atoms with Crippen LogP contribution in [0.15, 0.2) is 146 Å². The molecule has 0 N–H and O–H groups in total. The van der Waals surface area contributed by atoms with E-state index in [4.69, 9.17) is 0 Å². The molecule has 0 saturated carbocycles. The standard InChI is InChI=1S/C21H13.C13H10.C5H5.Zr/c1-2-8-15-14(7-1)13-20-18-11-4-3-9-16(18)17-10-5-6-12-19(17)21(15)20;1-3-7-12(8-4-1)11-13-9-5-2-6-10-13;1-2-4-5-3-1;/h1-10,12H,13H2;1-10H;1-3H,4H2;/q-1;;-1;+2. The van der Waals surface area contributed by atoms with Crippen LogP contribution in [0.1, 0.15) is 28.7 Å². The van der Waals surface area contributed by atoms with Gasteiger partial charge in [-0.2, -0.15) is 6.08 Å². The molecule has 6 aromatic carbocycles. The van der Waals surface area contributed by atoms with Crippen LogP contribution in [-0.2, 0) is 30.7 Å². The third-order valence-electron chi connectivity index (χ3n) is 7.31. The maximum absolute atomic E-state index is 3.48. The summed E-state index contributed by atoms with van der Waals surface area (Å²) in [5.74, 6) is 0. The van der Waals surface area contributed by atoms with Gasteiger partial charge in [0.25, 0.3) is 0 Å². The molecule has 0 saturated heterocycles. The molecule has 8 rings (SSSR count). The first-order valence-corrected chi connectivity index (χ1v) is 14.9. The Hall–Kier alpha value is -3.93. The molecule has 0 fully saturated rings. The second kappa shape index (κ2) is 12.5. The molecule has 0 amide bonds. The van der Waals surface area contributed by atoms with Gasteiger partial charge in [0.15, 0.2) is 0 Å². The molecular formula is C39H28Zr. The zero-order chi connectivity index (χ0) is 27.1. The van der Waals surface area contributed by atoms with Gasteiger partial charge in [-0.05, 0) is 28.5 Å². The van der Waals surface area contributed by atoms with Gasteiger partial charge in [-0.15, -0.1) is 47.0 Å². The molecule has 0 aliphatic heterocycles. The van der Waals surface area contributed by atoms with Crippen molar-refractivity contribution in [2.75, 3.05) is 0 Å². The minimum atomic E-state index is 1.01. The van der Waals surface area contributed by atoms with Crippen molar-refractivity contribution in [1.82, 2.24) is 0 Å². The Balaban J connectivity index is 0.000000131. The van der Waals surface area contributed by atoms with E-state index < -0.39 is 0 Å². The third kappa shape index (κ3) is 5.53. The van der Waals surface area contributed by atoms with Crippen LogP contribution in [0.3, 0.4) is 0 Å². The SMILES string of the molecule is [C-]1=CC=CC1.[Zr+2]=[C](c1ccccc1)c1ccccc1.[c-]1cccc2c1c1c(c3ccccc32)-c2ccccc2C1. The summed E-state index contributed by atoms with van der Waals surface area (Å²) in [5, 5.41) is 5.30. The predicted octanol–water partition coefficient (Wildman–Crippen LogP) is 9.47. The van der Waals surface area contributed by atoms with Crippen molar-refractivity contribution in [3.8, 4) is 11.1 Å². The molecular weight excluding hydrogens is 560 g/mol. The van der Waals surface area contributed by atoms with E-state index in [1.807, 2.05) is 18.2 Å². The predicted molar refractivity (Wildman–Crippen MR) is 166 cm³/mol. The van der Waals surface area contributed by atoms with E-state index in [1.165, 1.54) is 82.4 Å². The van der Waals surface area contributed by atoms with Crippen LogP contribution in [0, 0.1) is 12.1 Å². The zero-order valence-corrected chi connectivity index (χ0v) is 24.7. The number of hydrogen-bond acceptors (Lipinski definition) is 0. The van der Waals surface area contributed by atoms with E-state index in [9.17, 15) is 0 Å². The fourth-order valence-electron chi connectivity index (χ4n) is 5.44. The fraction of sp³-hybridized carbons (Fsp3) is 0.0513. The smallest absolute Gasteiger partial charge is 0.0240 e. The molecule has 0 heterocycles. The summed E-state index contributed by atoms with van der Waals surface area (Å²) < 4.78 is 1.42. The summed E-state index contributed by atoms with van der Waals surface area (Å²) >= 11 is 1.46. The topological polar surface area (TPSA) is 0 Å². The molecule has 0 atom stereocenters.